The van der Waals surface area contributed by atoms with Gasteiger partial charge in [-0.3, -0.25) is 9.05 Å². The van der Waals surface area contributed by atoms with Gasteiger partial charge in [0.2, 0.25) is 0 Å². The van der Waals surface area contributed by atoms with Crippen LogP contribution in [0.25, 0.3) is 0 Å². The van der Waals surface area contributed by atoms with Crippen molar-refractivity contribution in [3.63, 3.8) is 0 Å². The van der Waals surface area contributed by atoms with Crippen LogP contribution in [0.2, 0.25) is 0 Å². The van der Waals surface area contributed by atoms with E-state index in [1.165, 1.54) is 0 Å². The normalized spacial score (nSPS) is 14.8. The zero-order chi connectivity index (χ0) is 20.4. The van der Waals surface area contributed by atoms with Gasteiger partial charge in [-0.1, -0.05) is 66.2 Å². The van der Waals surface area contributed by atoms with E-state index < -0.39 is 7.82 Å². The Hall–Kier alpha value is -0.176. The maximum Gasteiger partial charge on any atom is 0.472 e. The number of hydrogen-bond donors (Lipinski definition) is 1. The molecule has 2 unspecified atom stereocenters. The molecule has 0 amide bonds. The van der Waals surface area contributed by atoms with Gasteiger partial charge in [-0.15, -0.1) is 0 Å². The summed E-state index contributed by atoms with van der Waals surface area (Å²) in [5.41, 5.74) is 0. The van der Waals surface area contributed by atoms with Gasteiger partial charge in [0, 0.05) is 16.5 Å². The second-order valence-corrected chi connectivity index (χ2v) is 8.42. The summed E-state index contributed by atoms with van der Waals surface area (Å²) in [6.07, 6.45) is 8.56. The third-order valence-corrected chi connectivity index (χ3v) is 5.59. The van der Waals surface area contributed by atoms with Crippen molar-refractivity contribution >= 4 is 7.82 Å². The van der Waals surface area contributed by atoms with Gasteiger partial charge < -0.3 is 4.89 Å². The standard InChI is InChI=1S/C16H35O4P.C6H5.Ni/c1-5-9-11-15(7-3)13-19-21(17,18)20-14-16(8-4)12-10-6-2;1-2-4-6-5-3-1;/h15-16H,5-14H2,1-4H3,(H,17,18);1-5H;/q;-1;. The average Bonchev–Trinajstić information content (AvgIpc) is 2.70. The molecule has 1 aromatic carbocycles. The number of phosphoric ester groups is 1. The van der Waals surface area contributed by atoms with Crippen molar-refractivity contribution in [1.29, 1.82) is 0 Å². The van der Waals surface area contributed by atoms with E-state index in [-0.39, 0.29) is 16.5 Å². The molecule has 0 fully saturated rings. The fraction of sp³-hybridized carbons (Fsp3) is 0.727. The van der Waals surface area contributed by atoms with Crippen molar-refractivity contribution in [3.8, 4) is 0 Å². The van der Waals surface area contributed by atoms with E-state index >= 15 is 0 Å². The Morgan fingerprint density at radius 3 is 1.54 bits per heavy atom. The van der Waals surface area contributed by atoms with E-state index in [4.69, 9.17) is 9.05 Å². The molecule has 0 aliphatic heterocycles. The largest absolute Gasteiger partial charge is 0.472 e. The smallest absolute Gasteiger partial charge is 0.302 e. The molecule has 0 aliphatic carbocycles. The molecule has 0 aromatic heterocycles. The molecule has 2 atom stereocenters. The van der Waals surface area contributed by atoms with Crippen LogP contribution >= 0.6 is 7.82 Å². The number of benzene rings is 1. The van der Waals surface area contributed by atoms with Gasteiger partial charge in [0.05, 0.1) is 13.2 Å². The molecule has 1 N–H and O–H groups in total. The minimum atomic E-state index is -3.89. The van der Waals surface area contributed by atoms with E-state index in [0.717, 1.165) is 51.4 Å². The Labute approximate surface area is 183 Å². The first-order chi connectivity index (χ1) is 13.0. The molecule has 168 valence electrons. The van der Waals surface area contributed by atoms with E-state index in [1.54, 1.807) is 0 Å². The molecule has 0 spiro atoms. The van der Waals surface area contributed by atoms with Crippen LogP contribution in [0.5, 0.6) is 0 Å². The summed E-state index contributed by atoms with van der Waals surface area (Å²) in [7, 11) is -3.89. The van der Waals surface area contributed by atoms with Crippen molar-refractivity contribution in [3.05, 3.63) is 36.4 Å². The number of hydrogen-bond acceptors (Lipinski definition) is 3. The van der Waals surface area contributed by atoms with Crippen LogP contribution < -0.4 is 0 Å². The molecule has 0 radical (unpaired) electrons. The van der Waals surface area contributed by atoms with Crippen molar-refractivity contribution in [2.24, 2.45) is 11.8 Å². The number of unbranched alkanes of at least 4 members (excludes halogenated alkanes) is 2. The molecular weight excluding hydrogens is 418 g/mol. The first-order valence-electron chi connectivity index (χ1n) is 10.5. The molecule has 0 saturated heterocycles. The molecule has 0 heterocycles. The van der Waals surface area contributed by atoms with Gasteiger partial charge in [-0.25, -0.2) is 4.57 Å². The Morgan fingerprint density at radius 1 is 0.857 bits per heavy atom. The van der Waals surface area contributed by atoms with E-state index in [0.29, 0.717) is 25.0 Å². The summed E-state index contributed by atoms with van der Waals surface area (Å²) in [6.45, 7) is 9.10. The van der Waals surface area contributed by atoms with Gasteiger partial charge in [0.25, 0.3) is 0 Å². The van der Waals surface area contributed by atoms with Crippen LogP contribution in [0, 0.1) is 17.9 Å². The van der Waals surface area contributed by atoms with E-state index in [2.05, 4.69) is 33.8 Å². The van der Waals surface area contributed by atoms with Gasteiger partial charge in [0.15, 0.2) is 0 Å². The molecular formula is C22H40NiO4P-. The summed E-state index contributed by atoms with van der Waals surface area (Å²) in [6, 6.07) is 12.5. The Kier molecular flexibility index (Phi) is 21.6. The zero-order valence-corrected chi connectivity index (χ0v) is 19.9. The Bertz CT molecular complexity index is 422. The van der Waals surface area contributed by atoms with Crippen molar-refractivity contribution < 1.29 is 35.0 Å². The quantitative estimate of drug-likeness (QED) is 0.185. The van der Waals surface area contributed by atoms with Gasteiger partial charge in [-0.05, 0) is 24.7 Å². The third-order valence-electron chi connectivity index (χ3n) is 4.64. The van der Waals surface area contributed by atoms with Gasteiger partial charge in [0.1, 0.15) is 0 Å². The Morgan fingerprint density at radius 2 is 1.29 bits per heavy atom. The van der Waals surface area contributed by atoms with Crippen LogP contribution in [0.1, 0.15) is 79.1 Å². The van der Waals surface area contributed by atoms with Crippen molar-refractivity contribution in [2.45, 2.75) is 79.1 Å². The first kappa shape index (κ1) is 30.0. The maximum absolute atomic E-state index is 11.9. The first-order valence-corrected chi connectivity index (χ1v) is 12.0. The fourth-order valence-electron chi connectivity index (χ4n) is 2.57. The van der Waals surface area contributed by atoms with E-state index in [1.807, 2.05) is 30.3 Å². The minimum absolute atomic E-state index is 0. The van der Waals surface area contributed by atoms with Gasteiger partial charge >= 0.3 is 7.82 Å². The molecule has 28 heavy (non-hydrogen) atoms. The molecule has 1 aromatic rings. The maximum atomic E-state index is 11.9. The average molecular weight is 458 g/mol. The SMILES string of the molecule is CCCCC(CC)COP(=O)(O)OCC(CC)CCCC.[Ni].[c-]1ccccc1. The summed E-state index contributed by atoms with van der Waals surface area (Å²) in [5.74, 6) is 0.687. The van der Waals surface area contributed by atoms with Gasteiger partial charge in [-0.2, -0.15) is 36.4 Å². The monoisotopic (exact) mass is 457 g/mol. The predicted octanol–water partition coefficient (Wildman–Crippen LogP) is 7.04. The Balaban J connectivity index is 0. The van der Waals surface area contributed by atoms with Crippen LogP contribution in [-0.2, 0) is 30.1 Å². The molecule has 4 nitrogen and oxygen atoms in total. The molecule has 0 aliphatic rings. The minimum Gasteiger partial charge on any atom is -0.302 e. The van der Waals surface area contributed by atoms with Crippen LogP contribution in [-0.4, -0.2) is 18.1 Å². The number of rotatable bonds is 14. The van der Waals surface area contributed by atoms with Crippen LogP contribution in [0.15, 0.2) is 30.3 Å². The summed E-state index contributed by atoms with van der Waals surface area (Å²) in [5, 5.41) is 0. The second kappa shape index (κ2) is 20.1. The molecule has 6 heteroatoms. The van der Waals surface area contributed by atoms with Crippen molar-refractivity contribution in [1.82, 2.24) is 0 Å². The van der Waals surface area contributed by atoms with E-state index in [9.17, 15) is 9.46 Å². The zero-order valence-electron chi connectivity index (χ0n) is 18.0. The summed E-state index contributed by atoms with van der Waals surface area (Å²) >= 11 is 0. The van der Waals surface area contributed by atoms with Crippen LogP contribution in [0.3, 0.4) is 0 Å². The number of phosphoric acid groups is 1. The predicted molar refractivity (Wildman–Crippen MR) is 114 cm³/mol. The second-order valence-electron chi connectivity index (χ2n) is 6.97. The van der Waals surface area contributed by atoms with Crippen molar-refractivity contribution in [2.75, 3.05) is 13.2 Å². The third kappa shape index (κ3) is 17.9. The van der Waals surface area contributed by atoms with Crippen LogP contribution in [0.4, 0.5) is 0 Å². The molecule has 1 rings (SSSR count). The summed E-state index contributed by atoms with van der Waals surface area (Å²) in [4.78, 5) is 9.77. The molecule has 0 bridgehead atoms. The fourth-order valence-corrected chi connectivity index (χ4v) is 3.45. The molecule has 0 saturated carbocycles. The summed E-state index contributed by atoms with van der Waals surface area (Å²) < 4.78 is 22.2. The topological polar surface area (TPSA) is 55.8 Å².